The van der Waals surface area contributed by atoms with Crippen LogP contribution in [0, 0.1) is 5.92 Å². The first-order chi connectivity index (χ1) is 10.7. The summed E-state index contributed by atoms with van der Waals surface area (Å²) in [5.74, 6) is 0.197. The fourth-order valence-corrected chi connectivity index (χ4v) is 3.17. The van der Waals surface area contributed by atoms with Crippen LogP contribution in [-0.2, 0) is 17.9 Å². The molecule has 0 aromatic heterocycles. The lowest BCUT2D eigenvalue weighted by Gasteiger charge is -2.25. The molecule has 0 spiro atoms. The topological polar surface area (TPSA) is 32.3 Å². The van der Waals surface area contributed by atoms with Crippen molar-refractivity contribution in [2.24, 2.45) is 5.92 Å². The number of hydrogen-bond acceptors (Lipinski definition) is 2. The van der Waals surface area contributed by atoms with Gasteiger partial charge in [-0.3, -0.25) is 4.79 Å². The predicted octanol–water partition coefficient (Wildman–Crippen LogP) is 3.05. The number of carbonyl (C=O) groups excluding carboxylic acids is 1. The number of carbonyl (C=O) groups is 1. The lowest BCUT2D eigenvalue weighted by Crippen LogP contribution is -2.37. The van der Waals surface area contributed by atoms with Crippen LogP contribution in [-0.4, -0.2) is 24.4 Å². The molecule has 1 N–H and O–H groups in total. The molecule has 0 saturated heterocycles. The van der Waals surface area contributed by atoms with Crippen LogP contribution in [0.1, 0.15) is 18.1 Å². The molecule has 1 atom stereocenters. The number of hydrogen-bond donors (Lipinski definition) is 1. The summed E-state index contributed by atoms with van der Waals surface area (Å²) in [7, 11) is 1.89. The third kappa shape index (κ3) is 2.77. The molecule has 0 radical (unpaired) electrons. The minimum absolute atomic E-state index is 0.0116. The van der Waals surface area contributed by atoms with E-state index in [1.165, 1.54) is 22.3 Å². The molecular formula is C19H22N2O. The summed E-state index contributed by atoms with van der Waals surface area (Å²) >= 11 is 0. The molecule has 0 bridgehead atoms. The Labute approximate surface area is 132 Å². The zero-order valence-corrected chi connectivity index (χ0v) is 13.2. The molecule has 114 valence electrons. The molecule has 0 aliphatic carbocycles. The lowest BCUT2D eigenvalue weighted by atomic mass is 9.97. The van der Waals surface area contributed by atoms with Crippen molar-refractivity contribution in [2.75, 3.05) is 13.6 Å². The van der Waals surface area contributed by atoms with Crippen LogP contribution in [0.25, 0.3) is 11.1 Å². The van der Waals surface area contributed by atoms with Gasteiger partial charge < -0.3 is 10.2 Å². The van der Waals surface area contributed by atoms with E-state index in [0.717, 1.165) is 0 Å². The number of rotatable bonds is 3. The summed E-state index contributed by atoms with van der Waals surface area (Å²) in [6.45, 7) is 4.05. The largest absolute Gasteiger partial charge is 0.334 e. The molecule has 0 fully saturated rings. The van der Waals surface area contributed by atoms with Gasteiger partial charge in [-0.1, -0.05) is 55.5 Å². The van der Waals surface area contributed by atoms with Crippen molar-refractivity contribution in [2.45, 2.75) is 20.0 Å². The molecule has 1 heterocycles. The van der Waals surface area contributed by atoms with E-state index in [4.69, 9.17) is 0 Å². The summed E-state index contributed by atoms with van der Waals surface area (Å²) in [5.41, 5.74) is 4.93. The van der Waals surface area contributed by atoms with Crippen LogP contribution in [0.2, 0.25) is 0 Å². The Hall–Kier alpha value is -2.13. The van der Waals surface area contributed by atoms with Crippen LogP contribution >= 0.6 is 0 Å². The Morgan fingerprint density at radius 3 is 2.05 bits per heavy atom. The van der Waals surface area contributed by atoms with E-state index in [2.05, 4.69) is 41.7 Å². The van der Waals surface area contributed by atoms with Gasteiger partial charge in [-0.2, -0.15) is 0 Å². The van der Waals surface area contributed by atoms with Crippen molar-refractivity contribution in [1.29, 1.82) is 0 Å². The second-order valence-electron chi connectivity index (χ2n) is 5.97. The molecule has 1 unspecified atom stereocenters. The van der Waals surface area contributed by atoms with E-state index in [9.17, 15) is 4.79 Å². The summed E-state index contributed by atoms with van der Waals surface area (Å²) in [6, 6.07) is 16.8. The van der Waals surface area contributed by atoms with Crippen LogP contribution in [0.5, 0.6) is 0 Å². The number of amides is 1. The molecule has 3 heteroatoms. The van der Waals surface area contributed by atoms with Crippen LogP contribution in [0.4, 0.5) is 0 Å². The molecule has 1 aliphatic heterocycles. The average molecular weight is 294 g/mol. The summed E-state index contributed by atoms with van der Waals surface area (Å²) in [4.78, 5) is 14.7. The summed E-state index contributed by atoms with van der Waals surface area (Å²) in [6.07, 6.45) is 0. The van der Waals surface area contributed by atoms with Gasteiger partial charge in [0, 0.05) is 25.6 Å². The molecule has 1 amide bonds. The monoisotopic (exact) mass is 294 g/mol. The quantitative estimate of drug-likeness (QED) is 0.943. The van der Waals surface area contributed by atoms with E-state index in [-0.39, 0.29) is 11.8 Å². The summed E-state index contributed by atoms with van der Waals surface area (Å²) < 4.78 is 0. The maximum absolute atomic E-state index is 12.7. The van der Waals surface area contributed by atoms with E-state index >= 15 is 0 Å². The smallest absolute Gasteiger partial charge is 0.227 e. The van der Waals surface area contributed by atoms with Crippen molar-refractivity contribution in [3.63, 3.8) is 0 Å². The minimum Gasteiger partial charge on any atom is -0.334 e. The predicted molar refractivity (Wildman–Crippen MR) is 89.2 cm³/mol. The highest BCUT2D eigenvalue weighted by atomic mass is 16.2. The zero-order valence-electron chi connectivity index (χ0n) is 13.2. The molecule has 0 saturated carbocycles. The molecule has 3 rings (SSSR count). The van der Waals surface area contributed by atoms with Crippen LogP contribution in [0.3, 0.4) is 0 Å². The second-order valence-corrected chi connectivity index (χ2v) is 5.97. The van der Waals surface area contributed by atoms with E-state index in [1.54, 1.807) is 0 Å². The molecular weight excluding hydrogens is 272 g/mol. The standard InChI is InChI=1S/C19H22N2O/c1-14(11-20-2)19(22)21-12-15-7-3-5-9-17(15)18-10-6-4-8-16(18)13-21/h3-10,14,20H,11-13H2,1-2H3. The highest BCUT2D eigenvalue weighted by Gasteiger charge is 2.25. The number of benzene rings is 2. The van der Waals surface area contributed by atoms with Crippen molar-refractivity contribution in [3.05, 3.63) is 59.7 Å². The fraction of sp³-hybridized carbons (Fsp3) is 0.316. The van der Waals surface area contributed by atoms with Gasteiger partial charge in [-0.15, -0.1) is 0 Å². The minimum atomic E-state index is -0.0116. The molecule has 22 heavy (non-hydrogen) atoms. The van der Waals surface area contributed by atoms with Gasteiger partial charge in [0.05, 0.1) is 0 Å². The Kier molecular flexibility index (Phi) is 4.25. The molecule has 1 aliphatic rings. The molecule has 3 nitrogen and oxygen atoms in total. The van der Waals surface area contributed by atoms with Gasteiger partial charge in [0.2, 0.25) is 5.91 Å². The van der Waals surface area contributed by atoms with Crippen molar-refractivity contribution < 1.29 is 4.79 Å². The van der Waals surface area contributed by atoms with Crippen molar-refractivity contribution in [1.82, 2.24) is 10.2 Å². The first-order valence-corrected chi connectivity index (χ1v) is 7.80. The maximum atomic E-state index is 12.7. The number of nitrogens with zero attached hydrogens (tertiary/aromatic N) is 1. The van der Waals surface area contributed by atoms with Crippen LogP contribution in [0.15, 0.2) is 48.5 Å². The van der Waals surface area contributed by atoms with Gasteiger partial charge in [0.15, 0.2) is 0 Å². The number of fused-ring (bicyclic) bond motifs is 3. The van der Waals surface area contributed by atoms with Gasteiger partial charge in [-0.05, 0) is 29.3 Å². The highest BCUT2D eigenvalue weighted by molar-refractivity contribution is 5.81. The Morgan fingerprint density at radius 1 is 1.05 bits per heavy atom. The Morgan fingerprint density at radius 2 is 1.55 bits per heavy atom. The van der Waals surface area contributed by atoms with Gasteiger partial charge in [0.25, 0.3) is 0 Å². The van der Waals surface area contributed by atoms with E-state index in [1.807, 2.05) is 31.0 Å². The molecule has 2 aromatic carbocycles. The normalized spacial score (nSPS) is 14.7. The highest BCUT2D eigenvalue weighted by Crippen LogP contribution is 2.32. The van der Waals surface area contributed by atoms with Crippen molar-refractivity contribution >= 4 is 5.91 Å². The van der Waals surface area contributed by atoms with E-state index < -0.39 is 0 Å². The van der Waals surface area contributed by atoms with Gasteiger partial charge in [0.1, 0.15) is 0 Å². The maximum Gasteiger partial charge on any atom is 0.227 e. The lowest BCUT2D eigenvalue weighted by molar-refractivity contribution is -0.136. The summed E-state index contributed by atoms with van der Waals surface area (Å²) in [5, 5.41) is 3.09. The fourth-order valence-electron chi connectivity index (χ4n) is 3.17. The average Bonchev–Trinajstić information content (AvgIpc) is 2.71. The van der Waals surface area contributed by atoms with Crippen molar-refractivity contribution in [3.8, 4) is 11.1 Å². The number of nitrogens with one attached hydrogen (secondary N) is 1. The first kappa shape index (κ1) is 14.8. The first-order valence-electron chi connectivity index (χ1n) is 7.80. The van der Waals surface area contributed by atoms with E-state index in [0.29, 0.717) is 19.6 Å². The Balaban J connectivity index is 2.00. The van der Waals surface area contributed by atoms with Crippen LogP contribution < -0.4 is 5.32 Å². The molecule has 2 aromatic rings. The SMILES string of the molecule is CNCC(C)C(=O)N1Cc2ccccc2-c2ccccc2C1. The third-order valence-electron chi connectivity index (χ3n) is 4.29. The second kappa shape index (κ2) is 6.32. The zero-order chi connectivity index (χ0) is 15.5. The van der Waals surface area contributed by atoms with Gasteiger partial charge in [-0.25, -0.2) is 0 Å². The third-order valence-corrected chi connectivity index (χ3v) is 4.29. The van der Waals surface area contributed by atoms with Gasteiger partial charge >= 0.3 is 0 Å². The Bertz CT molecular complexity index is 633.